The number of hydrogen-bond donors (Lipinski definition) is 1. The zero-order valence-electron chi connectivity index (χ0n) is 11.1. The normalized spacial score (nSPS) is 10.6. The Hall–Kier alpha value is -1.29. The van der Waals surface area contributed by atoms with E-state index in [2.05, 4.69) is 36.0 Å². The summed E-state index contributed by atoms with van der Waals surface area (Å²) in [7, 11) is 0. The number of rotatable bonds is 8. The molecule has 96 valence electrons. The molecule has 0 atom stereocenters. The van der Waals surface area contributed by atoms with Crippen molar-refractivity contribution >= 4 is 5.82 Å². The van der Waals surface area contributed by atoms with Crippen molar-refractivity contribution in [2.45, 2.75) is 20.8 Å². The van der Waals surface area contributed by atoms with Crippen molar-refractivity contribution < 1.29 is 4.74 Å². The molecule has 0 saturated carbocycles. The lowest BCUT2D eigenvalue weighted by molar-refractivity contribution is 0.218. The Balaban J connectivity index is 2.38. The van der Waals surface area contributed by atoms with E-state index >= 15 is 0 Å². The van der Waals surface area contributed by atoms with Gasteiger partial charge in [-0.25, -0.2) is 0 Å². The minimum atomic E-state index is 0.685. The molecule has 0 fully saturated rings. The average molecular weight is 237 g/mol. The lowest BCUT2D eigenvalue weighted by Crippen LogP contribution is -2.28. The van der Waals surface area contributed by atoms with Gasteiger partial charge in [0.05, 0.1) is 0 Å². The fourth-order valence-electron chi connectivity index (χ4n) is 1.59. The van der Waals surface area contributed by atoms with E-state index in [-0.39, 0.29) is 0 Å². The van der Waals surface area contributed by atoms with Crippen molar-refractivity contribution in [3.05, 3.63) is 18.2 Å². The molecule has 1 aromatic rings. The molecule has 1 N–H and O–H groups in total. The maximum absolute atomic E-state index is 5.63. The highest BCUT2D eigenvalue weighted by Crippen LogP contribution is 2.10. The van der Waals surface area contributed by atoms with Crippen LogP contribution in [0.2, 0.25) is 0 Å². The van der Waals surface area contributed by atoms with Crippen LogP contribution >= 0.6 is 0 Å². The Morgan fingerprint density at radius 3 is 2.65 bits per heavy atom. The standard InChI is InChI=1S/C13H23N3O/c1-4-14-12-8-7-9-13(15-12)17-11-10-16(5-2)6-3/h7-9H,4-6,10-11H2,1-3H3,(H,14,15). The number of ether oxygens (including phenoxy) is 1. The quantitative estimate of drug-likeness (QED) is 0.752. The third-order valence-electron chi connectivity index (χ3n) is 2.63. The van der Waals surface area contributed by atoms with Crippen LogP contribution in [0.3, 0.4) is 0 Å². The summed E-state index contributed by atoms with van der Waals surface area (Å²) in [6.07, 6.45) is 0. The molecule has 0 spiro atoms. The molecule has 17 heavy (non-hydrogen) atoms. The first-order chi connectivity index (χ1) is 8.30. The van der Waals surface area contributed by atoms with Gasteiger partial charge in [0.25, 0.3) is 0 Å². The second-order valence-corrected chi connectivity index (χ2v) is 3.77. The van der Waals surface area contributed by atoms with E-state index in [4.69, 9.17) is 4.74 Å². The summed E-state index contributed by atoms with van der Waals surface area (Å²) >= 11 is 0. The van der Waals surface area contributed by atoms with E-state index < -0.39 is 0 Å². The number of nitrogens with one attached hydrogen (secondary N) is 1. The van der Waals surface area contributed by atoms with E-state index in [1.54, 1.807) is 0 Å². The van der Waals surface area contributed by atoms with Gasteiger partial charge in [0.15, 0.2) is 0 Å². The van der Waals surface area contributed by atoms with Gasteiger partial charge in [-0.1, -0.05) is 19.9 Å². The summed E-state index contributed by atoms with van der Waals surface area (Å²) in [6.45, 7) is 11.0. The number of aromatic nitrogens is 1. The predicted molar refractivity (Wildman–Crippen MR) is 71.7 cm³/mol. The largest absolute Gasteiger partial charge is 0.476 e. The van der Waals surface area contributed by atoms with Gasteiger partial charge in [0.2, 0.25) is 5.88 Å². The Morgan fingerprint density at radius 1 is 1.24 bits per heavy atom. The monoisotopic (exact) mass is 237 g/mol. The van der Waals surface area contributed by atoms with Gasteiger partial charge < -0.3 is 15.0 Å². The SMILES string of the molecule is CCNc1cccc(OCCN(CC)CC)n1. The number of pyridine rings is 1. The topological polar surface area (TPSA) is 37.4 Å². The average Bonchev–Trinajstić information content (AvgIpc) is 2.36. The van der Waals surface area contributed by atoms with Gasteiger partial charge >= 0.3 is 0 Å². The molecule has 0 aliphatic heterocycles. The number of anilines is 1. The third-order valence-corrected chi connectivity index (χ3v) is 2.63. The minimum absolute atomic E-state index is 0.685. The van der Waals surface area contributed by atoms with Gasteiger partial charge in [-0.3, -0.25) is 0 Å². The Morgan fingerprint density at radius 2 is 2.00 bits per heavy atom. The highest BCUT2D eigenvalue weighted by molar-refractivity contribution is 5.36. The Bertz CT molecular complexity index is 313. The minimum Gasteiger partial charge on any atom is -0.476 e. The predicted octanol–water partition coefficient (Wildman–Crippen LogP) is 2.23. The summed E-state index contributed by atoms with van der Waals surface area (Å²) in [6, 6.07) is 5.79. The van der Waals surface area contributed by atoms with Gasteiger partial charge in [-0.05, 0) is 26.1 Å². The summed E-state index contributed by atoms with van der Waals surface area (Å²) < 4.78 is 5.63. The van der Waals surface area contributed by atoms with Crippen molar-refractivity contribution in [2.75, 3.05) is 38.1 Å². The van der Waals surface area contributed by atoms with Crippen LogP contribution in [0.15, 0.2) is 18.2 Å². The van der Waals surface area contributed by atoms with Gasteiger partial charge in [0.1, 0.15) is 12.4 Å². The summed E-state index contributed by atoms with van der Waals surface area (Å²) in [5, 5.41) is 3.17. The van der Waals surface area contributed by atoms with E-state index in [0.717, 1.165) is 32.0 Å². The third kappa shape index (κ3) is 5.04. The van der Waals surface area contributed by atoms with Crippen molar-refractivity contribution in [1.29, 1.82) is 0 Å². The second-order valence-electron chi connectivity index (χ2n) is 3.77. The van der Waals surface area contributed by atoms with Crippen LogP contribution in [-0.4, -0.2) is 42.7 Å². The van der Waals surface area contributed by atoms with Crippen LogP contribution in [-0.2, 0) is 0 Å². The van der Waals surface area contributed by atoms with Gasteiger partial charge in [-0.2, -0.15) is 4.98 Å². The fourth-order valence-corrected chi connectivity index (χ4v) is 1.59. The number of nitrogens with zero attached hydrogens (tertiary/aromatic N) is 2. The van der Waals surface area contributed by atoms with E-state index in [1.165, 1.54) is 0 Å². The first-order valence-corrected chi connectivity index (χ1v) is 6.36. The number of likely N-dealkylation sites (N-methyl/N-ethyl adjacent to an activating group) is 1. The van der Waals surface area contributed by atoms with Crippen LogP contribution in [0.5, 0.6) is 5.88 Å². The molecule has 0 amide bonds. The van der Waals surface area contributed by atoms with E-state index in [9.17, 15) is 0 Å². The van der Waals surface area contributed by atoms with Crippen LogP contribution in [0.25, 0.3) is 0 Å². The lowest BCUT2D eigenvalue weighted by atomic mass is 10.4. The zero-order valence-corrected chi connectivity index (χ0v) is 11.1. The molecule has 0 saturated heterocycles. The van der Waals surface area contributed by atoms with Crippen molar-refractivity contribution in [2.24, 2.45) is 0 Å². The molecule has 4 heteroatoms. The highest BCUT2D eigenvalue weighted by Gasteiger charge is 2.01. The van der Waals surface area contributed by atoms with E-state index in [0.29, 0.717) is 12.5 Å². The molecule has 0 radical (unpaired) electrons. The smallest absolute Gasteiger partial charge is 0.215 e. The molecule has 0 aliphatic carbocycles. The molecule has 1 aromatic heterocycles. The molecule has 0 aromatic carbocycles. The second kappa shape index (κ2) is 7.90. The molecule has 0 bridgehead atoms. The summed E-state index contributed by atoms with van der Waals surface area (Å²) in [4.78, 5) is 6.69. The Kier molecular flexibility index (Phi) is 6.40. The number of hydrogen-bond acceptors (Lipinski definition) is 4. The first-order valence-electron chi connectivity index (χ1n) is 6.36. The maximum Gasteiger partial charge on any atom is 0.215 e. The summed E-state index contributed by atoms with van der Waals surface area (Å²) in [5.41, 5.74) is 0. The van der Waals surface area contributed by atoms with Crippen LogP contribution in [0.4, 0.5) is 5.82 Å². The molecule has 1 heterocycles. The van der Waals surface area contributed by atoms with Crippen molar-refractivity contribution in [3.8, 4) is 5.88 Å². The van der Waals surface area contributed by atoms with Crippen molar-refractivity contribution in [3.63, 3.8) is 0 Å². The summed E-state index contributed by atoms with van der Waals surface area (Å²) in [5.74, 6) is 1.56. The molecule has 1 rings (SSSR count). The zero-order chi connectivity index (χ0) is 12.5. The molecule has 0 unspecified atom stereocenters. The van der Waals surface area contributed by atoms with E-state index in [1.807, 2.05) is 18.2 Å². The van der Waals surface area contributed by atoms with Gasteiger partial charge in [-0.15, -0.1) is 0 Å². The van der Waals surface area contributed by atoms with Crippen molar-refractivity contribution in [1.82, 2.24) is 9.88 Å². The maximum atomic E-state index is 5.63. The molecular weight excluding hydrogens is 214 g/mol. The Labute approximate surface area is 104 Å². The van der Waals surface area contributed by atoms with Crippen LogP contribution < -0.4 is 10.1 Å². The van der Waals surface area contributed by atoms with Gasteiger partial charge in [0, 0.05) is 19.2 Å². The van der Waals surface area contributed by atoms with Crippen LogP contribution in [0, 0.1) is 0 Å². The molecule has 0 aliphatic rings. The highest BCUT2D eigenvalue weighted by atomic mass is 16.5. The van der Waals surface area contributed by atoms with Crippen LogP contribution in [0.1, 0.15) is 20.8 Å². The molecular formula is C13H23N3O. The lowest BCUT2D eigenvalue weighted by Gasteiger charge is -2.17. The first kappa shape index (κ1) is 13.8. The molecule has 4 nitrogen and oxygen atoms in total. The fraction of sp³-hybridized carbons (Fsp3) is 0.615.